The van der Waals surface area contributed by atoms with E-state index in [1.165, 1.54) is 0 Å². The van der Waals surface area contributed by atoms with Crippen LogP contribution >= 0.6 is 0 Å². The van der Waals surface area contributed by atoms with Gasteiger partial charge in [0.2, 0.25) is 11.8 Å². The topological polar surface area (TPSA) is 108 Å². The fourth-order valence-corrected chi connectivity index (χ4v) is 4.06. The summed E-state index contributed by atoms with van der Waals surface area (Å²) in [5, 5.41) is 8.99. The highest BCUT2D eigenvalue weighted by molar-refractivity contribution is 6.24. The number of imide groups is 2. The maximum atomic E-state index is 13.0. The van der Waals surface area contributed by atoms with Gasteiger partial charge in [-0.25, -0.2) is 0 Å². The first-order valence-corrected chi connectivity index (χ1v) is 9.25. The number of rotatable bonds is 4. The van der Waals surface area contributed by atoms with Crippen LogP contribution in [-0.4, -0.2) is 53.7 Å². The van der Waals surface area contributed by atoms with Crippen LogP contribution in [0.2, 0.25) is 0 Å². The van der Waals surface area contributed by atoms with E-state index in [1.807, 2.05) is 6.07 Å². The highest BCUT2D eigenvalue weighted by Gasteiger charge is 2.45. The van der Waals surface area contributed by atoms with E-state index in [9.17, 15) is 19.2 Å². The summed E-state index contributed by atoms with van der Waals surface area (Å²) < 4.78 is 0. The minimum atomic E-state index is -0.935. The van der Waals surface area contributed by atoms with Crippen molar-refractivity contribution in [2.45, 2.75) is 38.4 Å². The second-order valence-electron chi connectivity index (χ2n) is 7.41. The smallest absolute Gasteiger partial charge is 0.262 e. The van der Waals surface area contributed by atoms with Crippen LogP contribution in [0.3, 0.4) is 0 Å². The zero-order valence-corrected chi connectivity index (χ0v) is 15.1. The summed E-state index contributed by atoms with van der Waals surface area (Å²) in [6, 6.07) is 4.57. The van der Waals surface area contributed by atoms with Crippen LogP contribution in [0.15, 0.2) is 18.2 Å². The van der Waals surface area contributed by atoms with Crippen molar-refractivity contribution in [2.24, 2.45) is 5.92 Å². The van der Waals surface area contributed by atoms with Crippen molar-refractivity contribution < 1.29 is 19.2 Å². The average molecular weight is 370 g/mol. The number of hydrogen-bond acceptors (Lipinski definition) is 6. The van der Waals surface area contributed by atoms with Crippen molar-refractivity contribution in [3.8, 4) is 0 Å². The monoisotopic (exact) mass is 370 g/mol. The summed E-state index contributed by atoms with van der Waals surface area (Å²) >= 11 is 0. The van der Waals surface area contributed by atoms with Gasteiger partial charge in [0.05, 0.1) is 11.1 Å². The molecular formula is C19H22N4O4. The molecule has 4 amide bonds. The van der Waals surface area contributed by atoms with Crippen LogP contribution in [0.5, 0.6) is 0 Å². The maximum absolute atomic E-state index is 13.0. The largest absolute Gasteiger partial charge is 0.315 e. The predicted octanol–water partition coefficient (Wildman–Crippen LogP) is -0.215. The number of piperidine rings is 1. The van der Waals surface area contributed by atoms with Crippen LogP contribution in [0.25, 0.3) is 0 Å². The van der Waals surface area contributed by atoms with Crippen molar-refractivity contribution in [1.29, 1.82) is 0 Å². The van der Waals surface area contributed by atoms with Gasteiger partial charge in [-0.3, -0.25) is 29.4 Å². The quantitative estimate of drug-likeness (QED) is 0.633. The molecule has 3 N–H and O–H groups in total. The fourth-order valence-electron chi connectivity index (χ4n) is 4.06. The molecule has 1 aromatic rings. The van der Waals surface area contributed by atoms with Crippen molar-refractivity contribution in [3.63, 3.8) is 0 Å². The van der Waals surface area contributed by atoms with Crippen LogP contribution in [0.1, 0.15) is 46.0 Å². The van der Waals surface area contributed by atoms with Crippen LogP contribution in [-0.2, 0) is 16.1 Å². The molecule has 2 fully saturated rings. The van der Waals surface area contributed by atoms with Crippen molar-refractivity contribution in [3.05, 3.63) is 34.9 Å². The molecule has 0 aliphatic carbocycles. The molecule has 0 bridgehead atoms. The standard InChI is InChI=1S/C19H22N4O4/c1-10-7-20-9-13(10)21-8-11-3-2-4-12-16(11)19(27)23(18(12)26)14-5-6-15(24)22-17(14)25/h2-4,10,13-14,20-21H,5-9H2,1H3,(H,22,24,25)/t10-,13+,14?/m1/s1. The molecule has 1 aromatic carbocycles. The minimum absolute atomic E-state index is 0.116. The SMILES string of the molecule is C[C@@H]1CNC[C@@H]1NCc1cccc2c1C(=O)N(C1CCC(=O)NC1=O)C2=O. The van der Waals surface area contributed by atoms with E-state index in [0.717, 1.165) is 23.6 Å². The highest BCUT2D eigenvalue weighted by Crippen LogP contribution is 2.30. The number of fused-ring (bicyclic) bond motifs is 1. The summed E-state index contributed by atoms with van der Waals surface area (Å²) in [7, 11) is 0. The zero-order valence-electron chi connectivity index (χ0n) is 15.1. The van der Waals surface area contributed by atoms with Gasteiger partial charge in [-0.1, -0.05) is 19.1 Å². The number of benzene rings is 1. The molecular weight excluding hydrogens is 348 g/mol. The van der Waals surface area contributed by atoms with E-state index in [4.69, 9.17) is 0 Å². The molecule has 27 heavy (non-hydrogen) atoms. The second-order valence-corrected chi connectivity index (χ2v) is 7.41. The van der Waals surface area contributed by atoms with Gasteiger partial charge in [0.25, 0.3) is 11.8 Å². The lowest BCUT2D eigenvalue weighted by Crippen LogP contribution is -2.54. The molecule has 0 radical (unpaired) electrons. The van der Waals surface area contributed by atoms with Crippen molar-refractivity contribution in [1.82, 2.24) is 20.9 Å². The Morgan fingerprint density at radius 3 is 2.67 bits per heavy atom. The molecule has 8 heteroatoms. The predicted molar refractivity (Wildman–Crippen MR) is 95.8 cm³/mol. The van der Waals surface area contributed by atoms with Gasteiger partial charge < -0.3 is 10.6 Å². The molecule has 8 nitrogen and oxygen atoms in total. The van der Waals surface area contributed by atoms with Crippen LogP contribution < -0.4 is 16.0 Å². The van der Waals surface area contributed by atoms with Crippen molar-refractivity contribution >= 4 is 23.6 Å². The Labute approximate surface area is 156 Å². The Kier molecular flexibility index (Phi) is 4.53. The van der Waals surface area contributed by atoms with Crippen molar-refractivity contribution in [2.75, 3.05) is 13.1 Å². The third-order valence-corrected chi connectivity index (χ3v) is 5.63. The number of nitrogens with one attached hydrogen (secondary N) is 3. The van der Waals surface area contributed by atoms with E-state index in [2.05, 4.69) is 22.9 Å². The van der Waals surface area contributed by atoms with E-state index in [0.29, 0.717) is 29.6 Å². The van der Waals surface area contributed by atoms with Gasteiger partial charge >= 0.3 is 0 Å². The summed E-state index contributed by atoms with van der Waals surface area (Å²) in [5.41, 5.74) is 1.43. The Morgan fingerprint density at radius 1 is 1.15 bits per heavy atom. The van der Waals surface area contributed by atoms with Gasteiger partial charge in [-0.2, -0.15) is 0 Å². The minimum Gasteiger partial charge on any atom is -0.315 e. The fraction of sp³-hybridized carbons (Fsp3) is 0.474. The molecule has 3 atom stereocenters. The summed E-state index contributed by atoms with van der Waals surface area (Å²) in [4.78, 5) is 50.4. The molecule has 1 unspecified atom stereocenters. The Hall–Kier alpha value is -2.58. The van der Waals surface area contributed by atoms with Gasteiger partial charge in [-0.15, -0.1) is 0 Å². The maximum Gasteiger partial charge on any atom is 0.262 e. The van der Waals surface area contributed by atoms with E-state index >= 15 is 0 Å². The normalized spacial score (nSPS) is 27.9. The summed E-state index contributed by atoms with van der Waals surface area (Å²) in [6.45, 7) is 4.45. The van der Waals surface area contributed by atoms with Gasteiger partial charge in [0.1, 0.15) is 6.04 Å². The van der Waals surface area contributed by atoms with E-state index < -0.39 is 23.8 Å². The Bertz CT molecular complexity index is 837. The van der Waals surface area contributed by atoms with Gasteiger partial charge in [0, 0.05) is 25.6 Å². The molecule has 4 rings (SSSR count). The molecule has 0 saturated carbocycles. The number of amides is 4. The number of carbonyl (C=O) groups is 4. The molecule has 3 heterocycles. The van der Waals surface area contributed by atoms with E-state index in [1.54, 1.807) is 12.1 Å². The third kappa shape index (κ3) is 3.04. The summed E-state index contributed by atoms with van der Waals surface area (Å²) in [5.74, 6) is -1.41. The molecule has 142 valence electrons. The molecule has 2 saturated heterocycles. The first kappa shape index (κ1) is 17.8. The highest BCUT2D eigenvalue weighted by atomic mass is 16.2. The lowest BCUT2D eigenvalue weighted by molar-refractivity contribution is -0.136. The Balaban J connectivity index is 1.58. The molecule has 0 spiro atoms. The number of carbonyl (C=O) groups excluding carboxylic acids is 4. The van der Waals surface area contributed by atoms with Crippen LogP contribution in [0, 0.1) is 5.92 Å². The Morgan fingerprint density at radius 2 is 1.96 bits per heavy atom. The first-order chi connectivity index (χ1) is 13.0. The number of hydrogen-bond donors (Lipinski definition) is 3. The lowest BCUT2D eigenvalue weighted by Gasteiger charge is -2.27. The van der Waals surface area contributed by atoms with Gasteiger partial charge in [0.15, 0.2) is 0 Å². The third-order valence-electron chi connectivity index (χ3n) is 5.63. The molecule has 0 aromatic heterocycles. The lowest BCUT2D eigenvalue weighted by atomic mass is 10.0. The second kappa shape index (κ2) is 6.86. The summed E-state index contributed by atoms with van der Waals surface area (Å²) in [6.07, 6.45) is 0.278. The van der Waals surface area contributed by atoms with E-state index in [-0.39, 0.29) is 18.7 Å². The van der Waals surface area contributed by atoms with Gasteiger partial charge in [-0.05, 0) is 30.5 Å². The number of nitrogens with zero attached hydrogens (tertiary/aromatic N) is 1. The molecule has 3 aliphatic rings. The zero-order chi connectivity index (χ0) is 19.1. The molecule has 3 aliphatic heterocycles. The first-order valence-electron chi connectivity index (χ1n) is 9.25. The van der Waals surface area contributed by atoms with Crippen LogP contribution in [0.4, 0.5) is 0 Å². The average Bonchev–Trinajstić information content (AvgIpc) is 3.16.